The van der Waals surface area contributed by atoms with E-state index in [9.17, 15) is 0 Å². The van der Waals surface area contributed by atoms with Crippen LogP contribution in [0.1, 0.15) is 19.3 Å². The van der Waals surface area contributed by atoms with E-state index in [0.717, 1.165) is 0 Å². The zero-order valence-corrected chi connectivity index (χ0v) is 5.56. The molecule has 0 spiro atoms. The Labute approximate surface area is 58.7 Å². The molecular formula is C6H12O4. The highest BCUT2D eigenvalue weighted by atomic mass is 16.5. The SMILES string of the molecule is O[C@H]1C[C@H](O)CC(O)(O)C1. The average molecular weight is 148 g/mol. The van der Waals surface area contributed by atoms with Crippen molar-refractivity contribution in [2.45, 2.75) is 37.3 Å². The van der Waals surface area contributed by atoms with Gasteiger partial charge < -0.3 is 20.4 Å². The van der Waals surface area contributed by atoms with Crippen molar-refractivity contribution >= 4 is 0 Å². The standard InChI is InChI=1S/C6H12O4/c7-4-1-5(8)3-6(9,10)2-4/h4-5,7-10H,1-3H2/t4-,5-/m0/s1. The van der Waals surface area contributed by atoms with E-state index in [1.165, 1.54) is 0 Å². The minimum absolute atomic E-state index is 0.0654. The molecule has 4 nitrogen and oxygen atoms in total. The Morgan fingerprint density at radius 2 is 1.40 bits per heavy atom. The van der Waals surface area contributed by atoms with Gasteiger partial charge in [0, 0.05) is 12.8 Å². The number of rotatable bonds is 0. The summed E-state index contributed by atoms with van der Waals surface area (Å²) >= 11 is 0. The summed E-state index contributed by atoms with van der Waals surface area (Å²) in [6.45, 7) is 0. The summed E-state index contributed by atoms with van der Waals surface area (Å²) in [5, 5.41) is 35.8. The Morgan fingerprint density at radius 1 is 1.00 bits per heavy atom. The molecule has 4 heteroatoms. The summed E-state index contributed by atoms with van der Waals surface area (Å²) in [5.41, 5.74) is 0. The fourth-order valence-corrected chi connectivity index (χ4v) is 1.32. The topological polar surface area (TPSA) is 80.9 Å². The lowest BCUT2D eigenvalue weighted by Gasteiger charge is -2.32. The van der Waals surface area contributed by atoms with Gasteiger partial charge in [0.05, 0.1) is 12.2 Å². The molecule has 60 valence electrons. The highest BCUT2D eigenvalue weighted by Gasteiger charge is 2.35. The second kappa shape index (κ2) is 2.47. The highest BCUT2D eigenvalue weighted by molar-refractivity contribution is 4.82. The molecule has 0 heterocycles. The van der Waals surface area contributed by atoms with E-state index in [2.05, 4.69) is 0 Å². The van der Waals surface area contributed by atoms with Crippen LogP contribution in [-0.4, -0.2) is 38.4 Å². The van der Waals surface area contributed by atoms with Gasteiger partial charge in [0.2, 0.25) is 0 Å². The molecule has 0 bridgehead atoms. The van der Waals surface area contributed by atoms with Gasteiger partial charge in [-0.05, 0) is 6.42 Å². The summed E-state index contributed by atoms with van der Waals surface area (Å²) < 4.78 is 0. The van der Waals surface area contributed by atoms with Crippen LogP contribution < -0.4 is 0 Å². The smallest absolute Gasteiger partial charge is 0.167 e. The lowest BCUT2D eigenvalue weighted by molar-refractivity contribution is -0.218. The van der Waals surface area contributed by atoms with Crippen LogP contribution in [-0.2, 0) is 0 Å². The molecule has 1 saturated carbocycles. The first kappa shape index (κ1) is 7.94. The molecule has 1 rings (SSSR count). The Bertz CT molecular complexity index is 111. The van der Waals surface area contributed by atoms with Gasteiger partial charge in [-0.2, -0.15) is 0 Å². The quantitative estimate of drug-likeness (QED) is 0.318. The first-order valence-corrected chi connectivity index (χ1v) is 3.30. The van der Waals surface area contributed by atoms with Crippen LogP contribution in [0.15, 0.2) is 0 Å². The molecule has 0 aromatic rings. The van der Waals surface area contributed by atoms with Gasteiger partial charge in [-0.15, -0.1) is 0 Å². The van der Waals surface area contributed by atoms with Gasteiger partial charge in [0.15, 0.2) is 5.79 Å². The molecule has 10 heavy (non-hydrogen) atoms. The zero-order valence-electron chi connectivity index (χ0n) is 5.56. The summed E-state index contributed by atoms with van der Waals surface area (Å²) in [6.07, 6.45) is -1.48. The van der Waals surface area contributed by atoms with Crippen LogP contribution in [0.3, 0.4) is 0 Å². The van der Waals surface area contributed by atoms with Crippen LogP contribution in [0.5, 0.6) is 0 Å². The largest absolute Gasteiger partial charge is 0.393 e. The van der Waals surface area contributed by atoms with E-state index in [1.54, 1.807) is 0 Å². The summed E-state index contributed by atoms with van der Waals surface area (Å²) in [6, 6.07) is 0. The van der Waals surface area contributed by atoms with Crippen molar-refractivity contribution in [3.8, 4) is 0 Å². The van der Waals surface area contributed by atoms with Crippen molar-refractivity contribution in [3.05, 3.63) is 0 Å². The molecule has 0 radical (unpaired) electrons. The molecule has 4 N–H and O–H groups in total. The molecular weight excluding hydrogens is 136 g/mol. The van der Waals surface area contributed by atoms with Crippen LogP contribution in [0.4, 0.5) is 0 Å². The van der Waals surface area contributed by atoms with Crippen molar-refractivity contribution < 1.29 is 20.4 Å². The van der Waals surface area contributed by atoms with E-state index in [1.807, 2.05) is 0 Å². The summed E-state index contributed by atoms with van der Waals surface area (Å²) in [7, 11) is 0. The monoisotopic (exact) mass is 148 g/mol. The first-order valence-electron chi connectivity index (χ1n) is 3.30. The normalized spacial score (nSPS) is 39.6. The number of hydrogen-bond donors (Lipinski definition) is 4. The van der Waals surface area contributed by atoms with Gasteiger partial charge in [-0.1, -0.05) is 0 Å². The molecule has 1 fully saturated rings. The molecule has 0 unspecified atom stereocenters. The maximum Gasteiger partial charge on any atom is 0.167 e. The Balaban J connectivity index is 2.51. The van der Waals surface area contributed by atoms with E-state index in [-0.39, 0.29) is 19.3 Å². The Hall–Kier alpha value is -0.160. The molecule has 1 aliphatic rings. The third-order valence-electron chi connectivity index (χ3n) is 1.67. The molecule has 0 aromatic carbocycles. The van der Waals surface area contributed by atoms with Crippen molar-refractivity contribution in [2.24, 2.45) is 0 Å². The van der Waals surface area contributed by atoms with Gasteiger partial charge in [0.25, 0.3) is 0 Å². The predicted octanol–water partition coefficient (Wildman–Crippen LogP) is -1.43. The third-order valence-corrected chi connectivity index (χ3v) is 1.67. The zero-order chi connectivity index (χ0) is 7.78. The van der Waals surface area contributed by atoms with Crippen LogP contribution in [0, 0.1) is 0 Å². The van der Waals surface area contributed by atoms with Crippen LogP contribution >= 0.6 is 0 Å². The Kier molecular flexibility index (Phi) is 1.96. The van der Waals surface area contributed by atoms with E-state index < -0.39 is 18.0 Å². The lowest BCUT2D eigenvalue weighted by atomic mass is 9.90. The van der Waals surface area contributed by atoms with Crippen molar-refractivity contribution in [2.75, 3.05) is 0 Å². The number of aliphatic hydroxyl groups excluding tert-OH is 2. The van der Waals surface area contributed by atoms with Crippen LogP contribution in [0.2, 0.25) is 0 Å². The maximum absolute atomic E-state index is 8.95. The van der Waals surface area contributed by atoms with Gasteiger partial charge in [0.1, 0.15) is 0 Å². The van der Waals surface area contributed by atoms with E-state index in [4.69, 9.17) is 20.4 Å². The second-order valence-corrected chi connectivity index (χ2v) is 2.93. The molecule has 0 amide bonds. The minimum atomic E-state index is -1.88. The Morgan fingerprint density at radius 3 is 1.70 bits per heavy atom. The van der Waals surface area contributed by atoms with E-state index >= 15 is 0 Å². The third kappa shape index (κ3) is 1.91. The maximum atomic E-state index is 8.95. The lowest BCUT2D eigenvalue weighted by Crippen LogP contribution is -2.43. The summed E-state index contributed by atoms with van der Waals surface area (Å²) in [5.74, 6) is -1.88. The first-order chi connectivity index (χ1) is 4.49. The molecule has 1 aliphatic carbocycles. The van der Waals surface area contributed by atoms with Crippen molar-refractivity contribution in [1.29, 1.82) is 0 Å². The molecule has 0 aromatic heterocycles. The van der Waals surface area contributed by atoms with Gasteiger partial charge in [-0.3, -0.25) is 0 Å². The highest BCUT2D eigenvalue weighted by Crippen LogP contribution is 2.25. The summed E-state index contributed by atoms with van der Waals surface area (Å²) in [4.78, 5) is 0. The number of aliphatic hydroxyl groups is 4. The molecule has 0 aliphatic heterocycles. The molecule has 2 atom stereocenters. The number of hydrogen-bond acceptors (Lipinski definition) is 4. The fourth-order valence-electron chi connectivity index (χ4n) is 1.32. The van der Waals surface area contributed by atoms with Crippen molar-refractivity contribution in [3.63, 3.8) is 0 Å². The van der Waals surface area contributed by atoms with E-state index in [0.29, 0.717) is 0 Å². The van der Waals surface area contributed by atoms with Gasteiger partial charge in [-0.25, -0.2) is 0 Å². The van der Waals surface area contributed by atoms with Gasteiger partial charge >= 0.3 is 0 Å². The fraction of sp³-hybridized carbons (Fsp3) is 1.00. The predicted molar refractivity (Wildman–Crippen MR) is 33.0 cm³/mol. The average Bonchev–Trinajstić information content (AvgIpc) is 1.54. The molecule has 0 saturated heterocycles. The van der Waals surface area contributed by atoms with Crippen molar-refractivity contribution in [1.82, 2.24) is 0 Å². The minimum Gasteiger partial charge on any atom is -0.393 e. The van der Waals surface area contributed by atoms with Crippen LogP contribution in [0.25, 0.3) is 0 Å². The second-order valence-electron chi connectivity index (χ2n) is 2.93.